The van der Waals surface area contributed by atoms with Gasteiger partial charge in [0.05, 0.1) is 11.9 Å². The van der Waals surface area contributed by atoms with E-state index in [1.165, 1.54) is 4.31 Å². The third-order valence-corrected chi connectivity index (χ3v) is 5.80. The third-order valence-electron chi connectivity index (χ3n) is 4.62. The predicted molar refractivity (Wildman–Crippen MR) is 114 cm³/mol. The number of hydrogen-bond donors (Lipinski definition) is 1. The van der Waals surface area contributed by atoms with Crippen LogP contribution in [0.4, 0.5) is 5.69 Å². The lowest BCUT2D eigenvalue weighted by molar-refractivity contribution is -0.122. The van der Waals surface area contributed by atoms with Gasteiger partial charge in [0.2, 0.25) is 15.9 Å². The van der Waals surface area contributed by atoms with E-state index in [1.54, 1.807) is 31.2 Å². The molecule has 6 heteroatoms. The summed E-state index contributed by atoms with van der Waals surface area (Å²) in [5.74, 6) is -0.315. The van der Waals surface area contributed by atoms with Gasteiger partial charge in [-0.3, -0.25) is 9.10 Å². The van der Waals surface area contributed by atoms with Crippen LogP contribution in [0.5, 0.6) is 0 Å². The SMILES string of the molecule is CCC(C(=O)NCc1ccc2ccccc2c1)N(c1ccccc1)S(C)(=O)=O. The van der Waals surface area contributed by atoms with Crippen LogP contribution in [0.1, 0.15) is 18.9 Å². The van der Waals surface area contributed by atoms with E-state index in [9.17, 15) is 13.2 Å². The summed E-state index contributed by atoms with van der Waals surface area (Å²) in [5, 5.41) is 5.13. The summed E-state index contributed by atoms with van der Waals surface area (Å²) in [7, 11) is -3.61. The van der Waals surface area contributed by atoms with Crippen molar-refractivity contribution in [2.75, 3.05) is 10.6 Å². The highest BCUT2D eigenvalue weighted by molar-refractivity contribution is 7.92. The normalized spacial score (nSPS) is 12.5. The van der Waals surface area contributed by atoms with Crippen LogP contribution in [0.15, 0.2) is 72.8 Å². The molecule has 3 aromatic rings. The Morgan fingerprint density at radius 2 is 1.61 bits per heavy atom. The molecule has 0 aliphatic rings. The average Bonchev–Trinajstić information content (AvgIpc) is 2.69. The second kappa shape index (κ2) is 8.44. The van der Waals surface area contributed by atoms with E-state index in [0.29, 0.717) is 18.7 Å². The molecule has 1 amide bonds. The smallest absolute Gasteiger partial charge is 0.244 e. The Hall–Kier alpha value is -2.86. The highest BCUT2D eigenvalue weighted by Gasteiger charge is 2.31. The van der Waals surface area contributed by atoms with E-state index < -0.39 is 16.1 Å². The van der Waals surface area contributed by atoms with Gasteiger partial charge in [-0.1, -0.05) is 61.5 Å². The zero-order valence-corrected chi connectivity index (χ0v) is 16.8. The molecule has 146 valence electrons. The number of amides is 1. The monoisotopic (exact) mass is 396 g/mol. The molecule has 1 unspecified atom stereocenters. The fraction of sp³-hybridized carbons (Fsp3) is 0.227. The zero-order chi connectivity index (χ0) is 20.1. The molecule has 5 nitrogen and oxygen atoms in total. The van der Waals surface area contributed by atoms with Gasteiger partial charge in [-0.15, -0.1) is 0 Å². The van der Waals surface area contributed by atoms with Gasteiger partial charge in [0.1, 0.15) is 6.04 Å². The molecular weight excluding hydrogens is 372 g/mol. The quantitative estimate of drug-likeness (QED) is 0.662. The number of benzene rings is 3. The topological polar surface area (TPSA) is 66.5 Å². The lowest BCUT2D eigenvalue weighted by Crippen LogP contribution is -2.49. The van der Waals surface area contributed by atoms with E-state index in [4.69, 9.17) is 0 Å². The number of nitrogens with one attached hydrogen (secondary N) is 1. The zero-order valence-electron chi connectivity index (χ0n) is 16.0. The molecule has 28 heavy (non-hydrogen) atoms. The van der Waals surface area contributed by atoms with Crippen LogP contribution >= 0.6 is 0 Å². The Kier molecular flexibility index (Phi) is 5.99. The van der Waals surface area contributed by atoms with Crippen molar-refractivity contribution in [2.45, 2.75) is 25.9 Å². The highest BCUT2D eigenvalue weighted by Crippen LogP contribution is 2.22. The molecule has 0 radical (unpaired) electrons. The number of sulfonamides is 1. The molecule has 3 aromatic carbocycles. The maximum absolute atomic E-state index is 12.9. The molecule has 0 aromatic heterocycles. The first-order valence-corrected chi connectivity index (χ1v) is 11.0. The lowest BCUT2D eigenvalue weighted by atomic mass is 10.1. The Morgan fingerprint density at radius 3 is 2.25 bits per heavy atom. The largest absolute Gasteiger partial charge is 0.350 e. The molecule has 1 atom stereocenters. The van der Waals surface area contributed by atoms with Gasteiger partial charge in [0.25, 0.3) is 0 Å². The minimum atomic E-state index is -3.61. The highest BCUT2D eigenvalue weighted by atomic mass is 32.2. The molecule has 0 saturated heterocycles. The van der Waals surface area contributed by atoms with E-state index in [-0.39, 0.29) is 5.91 Å². The molecule has 0 fully saturated rings. The maximum Gasteiger partial charge on any atom is 0.244 e. The Morgan fingerprint density at radius 1 is 0.964 bits per heavy atom. The number of hydrogen-bond acceptors (Lipinski definition) is 3. The number of carbonyl (C=O) groups excluding carboxylic acids is 1. The van der Waals surface area contributed by atoms with Crippen LogP contribution < -0.4 is 9.62 Å². The lowest BCUT2D eigenvalue weighted by Gasteiger charge is -2.30. The summed E-state index contributed by atoms with van der Waals surface area (Å²) < 4.78 is 26.0. The van der Waals surface area contributed by atoms with Crippen LogP contribution in [-0.2, 0) is 21.4 Å². The summed E-state index contributed by atoms with van der Waals surface area (Å²) >= 11 is 0. The number of carbonyl (C=O) groups is 1. The van der Waals surface area contributed by atoms with Gasteiger partial charge in [-0.05, 0) is 41.0 Å². The average molecular weight is 397 g/mol. The Balaban J connectivity index is 1.79. The number of para-hydroxylation sites is 1. The van der Waals surface area contributed by atoms with Crippen molar-refractivity contribution < 1.29 is 13.2 Å². The van der Waals surface area contributed by atoms with Crippen LogP contribution in [0.3, 0.4) is 0 Å². The van der Waals surface area contributed by atoms with Crippen molar-refractivity contribution in [3.05, 3.63) is 78.4 Å². The molecule has 3 rings (SSSR count). The third kappa shape index (κ3) is 4.51. The molecule has 0 heterocycles. The van der Waals surface area contributed by atoms with Crippen LogP contribution in [0.2, 0.25) is 0 Å². The van der Waals surface area contributed by atoms with Crippen molar-refractivity contribution in [2.24, 2.45) is 0 Å². The molecule has 0 spiro atoms. The predicted octanol–water partition coefficient (Wildman–Crippen LogP) is 3.70. The standard InChI is InChI=1S/C22H24N2O3S/c1-3-21(24(28(2,26)27)20-11-5-4-6-12-20)22(25)23-16-17-13-14-18-9-7-8-10-19(18)15-17/h4-15,21H,3,16H2,1-2H3,(H,23,25). The Labute approximate surface area is 166 Å². The van der Waals surface area contributed by atoms with Crippen LogP contribution in [-0.4, -0.2) is 26.6 Å². The molecule has 0 bridgehead atoms. The Bertz CT molecular complexity index is 1070. The minimum absolute atomic E-state index is 0.315. The van der Waals surface area contributed by atoms with Crippen LogP contribution in [0, 0.1) is 0 Å². The first kappa shape index (κ1) is 19.9. The van der Waals surface area contributed by atoms with Crippen molar-refractivity contribution in [3.63, 3.8) is 0 Å². The molecular formula is C22H24N2O3S. The minimum Gasteiger partial charge on any atom is -0.350 e. The van der Waals surface area contributed by atoms with Crippen molar-refractivity contribution in [3.8, 4) is 0 Å². The van der Waals surface area contributed by atoms with E-state index in [1.807, 2.05) is 48.5 Å². The van der Waals surface area contributed by atoms with Crippen molar-refractivity contribution >= 4 is 32.4 Å². The first-order valence-electron chi connectivity index (χ1n) is 9.20. The summed E-state index contributed by atoms with van der Waals surface area (Å²) in [6, 6.07) is 21.9. The van der Waals surface area contributed by atoms with E-state index >= 15 is 0 Å². The summed E-state index contributed by atoms with van der Waals surface area (Å²) in [4.78, 5) is 12.9. The van der Waals surface area contributed by atoms with Crippen molar-refractivity contribution in [1.29, 1.82) is 0 Å². The summed E-state index contributed by atoms with van der Waals surface area (Å²) in [6.45, 7) is 2.15. The van der Waals surface area contributed by atoms with Crippen LogP contribution in [0.25, 0.3) is 10.8 Å². The summed E-state index contributed by atoms with van der Waals surface area (Å²) in [6.07, 6.45) is 1.49. The molecule has 0 aliphatic carbocycles. The second-order valence-corrected chi connectivity index (χ2v) is 8.58. The van der Waals surface area contributed by atoms with Gasteiger partial charge < -0.3 is 5.32 Å². The van der Waals surface area contributed by atoms with Crippen molar-refractivity contribution in [1.82, 2.24) is 5.32 Å². The second-order valence-electron chi connectivity index (χ2n) is 6.72. The van der Waals surface area contributed by atoms with Gasteiger partial charge in [0, 0.05) is 6.54 Å². The number of fused-ring (bicyclic) bond motifs is 1. The number of nitrogens with zero attached hydrogens (tertiary/aromatic N) is 1. The molecule has 1 N–H and O–H groups in total. The van der Waals surface area contributed by atoms with Gasteiger partial charge >= 0.3 is 0 Å². The van der Waals surface area contributed by atoms with E-state index in [0.717, 1.165) is 22.6 Å². The molecule has 0 aliphatic heterocycles. The van der Waals surface area contributed by atoms with Gasteiger partial charge in [-0.25, -0.2) is 8.42 Å². The fourth-order valence-electron chi connectivity index (χ4n) is 3.29. The van der Waals surface area contributed by atoms with E-state index in [2.05, 4.69) is 5.32 Å². The first-order chi connectivity index (χ1) is 13.4. The summed E-state index contributed by atoms with van der Waals surface area (Å²) in [5.41, 5.74) is 1.45. The maximum atomic E-state index is 12.9. The van der Waals surface area contributed by atoms with Gasteiger partial charge in [-0.2, -0.15) is 0 Å². The molecule has 0 saturated carbocycles. The fourth-order valence-corrected chi connectivity index (χ4v) is 4.50. The van der Waals surface area contributed by atoms with Gasteiger partial charge in [0.15, 0.2) is 0 Å². The number of anilines is 1. The number of rotatable bonds is 7.